The van der Waals surface area contributed by atoms with Crippen LogP contribution >= 0.6 is 22.7 Å². The molecule has 0 radical (unpaired) electrons. The summed E-state index contributed by atoms with van der Waals surface area (Å²) in [7, 11) is 0. The first-order chi connectivity index (χ1) is 30.9. The number of rotatable bonds is 16. The summed E-state index contributed by atoms with van der Waals surface area (Å²) in [5.41, 5.74) is 12.7. The van der Waals surface area contributed by atoms with Crippen molar-refractivity contribution >= 4 is 63.8 Å². The van der Waals surface area contributed by atoms with Gasteiger partial charge in [0.1, 0.15) is 23.3 Å². The molecule has 0 bridgehead atoms. The lowest BCUT2D eigenvalue weighted by molar-refractivity contribution is -0.131. The van der Waals surface area contributed by atoms with E-state index >= 15 is 0 Å². The molecule has 0 unspecified atom stereocenters. The van der Waals surface area contributed by atoms with Crippen LogP contribution in [0.3, 0.4) is 0 Å². The molecule has 6 rings (SSSR count). The number of nitrogens with zero attached hydrogens (tertiary/aromatic N) is 1. The number of ketones is 2. The Bertz CT molecular complexity index is 2270. The van der Waals surface area contributed by atoms with Gasteiger partial charge in [-0.3, -0.25) is 34.9 Å². The molecule has 3 heterocycles. The highest BCUT2D eigenvalue weighted by atomic mass is 32.1. The highest BCUT2D eigenvalue weighted by Gasteiger charge is 2.39. The summed E-state index contributed by atoms with van der Waals surface area (Å²) in [6, 6.07) is 25.8. The van der Waals surface area contributed by atoms with Gasteiger partial charge in [0.05, 0.1) is 21.8 Å². The standard InChI is InChI=1S/C27H36N4O4S.C23H29N3O2S/c1-17(22(32)12-10-20-11-13-23(36-20)24(28)29)30-25(33)21-16-19(18-8-6-5-7-9-18)14-15-31(21)26(34)35-27(2,3)4;1-15(20(27)12-10-19-11-13-21(29-19)22(24)25)26-23(28)18-9-5-8-17(14-18)16-6-3-2-4-7-16/h5-9,11,13,17,19,21H,10,12,14-16H2,1-4H3,(H3,28,29)(H,30,33);2-4,6-7,11,13,15,17-18H,5,8-10,12,14H2,1H3,(H3,24,25)(H,26,28)/t17-,19-,21+;15-,17-,18+/m00/s1. The lowest BCUT2D eigenvalue weighted by Crippen LogP contribution is -2.56. The van der Waals surface area contributed by atoms with Crippen molar-refractivity contribution in [1.82, 2.24) is 15.5 Å². The van der Waals surface area contributed by atoms with Gasteiger partial charge in [0, 0.05) is 35.1 Å². The molecule has 15 heteroatoms. The summed E-state index contributed by atoms with van der Waals surface area (Å²) in [6.45, 7) is 9.23. The molecule has 13 nitrogen and oxygen atoms in total. The van der Waals surface area contributed by atoms with E-state index in [-0.39, 0.29) is 53.3 Å². The number of hydrogen-bond donors (Lipinski definition) is 6. The van der Waals surface area contributed by atoms with Crippen LogP contribution in [0.5, 0.6) is 0 Å². The Balaban J connectivity index is 0.000000250. The summed E-state index contributed by atoms with van der Waals surface area (Å²) < 4.78 is 5.57. The Labute approximate surface area is 391 Å². The van der Waals surface area contributed by atoms with Gasteiger partial charge in [-0.1, -0.05) is 67.1 Å². The number of piperidine rings is 1. The van der Waals surface area contributed by atoms with Crippen molar-refractivity contribution in [3.63, 3.8) is 0 Å². The van der Waals surface area contributed by atoms with Crippen LogP contribution < -0.4 is 22.1 Å². The minimum Gasteiger partial charge on any atom is -0.444 e. The maximum atomic E-state index is 13.4. The molecule has 3 amide bonds. The van der Waals surface area contributed by atoms with Crippen LogP contribution in [0.1, 0.15) is 128 Å². The monoisotopic (exact) mass is 923 g/mol. The van der Waals surface area contributed by atoms with E-state index in [1.165, 1.54) is 33.1 Å². The number of aryl methyl sites for hydroxylation is 2. The summed E-state index contributed by atoms with van der Waals surface area (Å²) >= 11 is 2.83. The van der Waals surface area contributed by atoms with Crippen molar-refractivity contribution < 1.29 is 28.7 Å². The zero-order valence-corrected chi connectivity index (χ0v) is 39.8. The molecular weight excluding hydrogens is 859 g/mol. The highest BCUT2D eigenvalue weighted by molar-refractivity contribution is 7.14. The van der Waals surface area contributed by atoms with E-state index in [9.17, 15) is 24.0 Å². The molecule has 6 atom stereocenters. The maximum absolute atomic E-state index is 13.4. The van der Waals surface area contributed by atoms with Crippen molar-refractivity contribution in [2.75, 3.05) is 6.54 Å². The molecule has 2 aromatic carbocycles. The van der Waals surface area contributed by atoms with Crippen LogP contribution in [0.2, 0.25) is 0 Å². The van der Waals surface area contributed by atoms with Gasteiger partial charge in [-0.25, -0.2) is 4.79 Å². The Hall–Kier alpha value is -5.67. The fraction of sp³-hybridized carbons (Fsp3) is 0.460. The van der Waals surface area contributed by atoms with Gasteiger partial charge in [-0.05, 0) is 127 Å². The average Bonchev–Trinajstić information content (AvgIpc) is 3.98. The lowest BCUT2D eigenvalue weighted by Gasteiger charge is -2.39. The Morgan fingerprint density at radius 1 is 0.692 bits per heavy atom. The number of amides is 3. The fourth-order valence-corrected chi connectivity index (χ4v) is 10.0. The first-order valence-corrected chi connectivity index (χ1v) is 24.1. The third-order valence-corrected chi connectivity index (χ3v) is 14.2. The molecule has 1 aliphatic carbocycles. The summed E-state index contributed by atoms with van der Waals surface area (Å²) in [5, 5.41) is 20.7. The maximum Gasteiger partial charge on any atom is 0.410 e. The largest absolute Gasteiger partial charge is 0.444 e. The quantitative estimate of drug-likeness (QED) is 0.0473. The highest BCUT2D eigenvalue weighted by Crippen LogP contribution is 2.36. The summed E-state index contributed by atoms with van der Waals surface area (Å²) in [6.07, 6.45) is 6.30. The molecule has 1 saturated carbocycles. The molecule has 348 valence electrons. The number of thiophene rings is 2. The van der Waals surface area contributed by atoms with E-state index in [1.54, 1.807) is 40.7 Å². The van der Waals surface area contributed by atoms with Crippen molar-refractivity contribution in [2.24, 2.45) is 17.4 Å². The average molecular weight is 924 g/mol. The smallest absolute Gasteiger partial charge is 0.410 e. The number of benzene rings is 2. The van der Waals surface area contributed by atoms with Crippen LogP contribution in [0.4, 0.5) is 4.79 Å². The molecular formula is C50H65N7O6S2. The van der Waals surface area contributed by atoms with Gasteiger partial charge < -0.3 is 26.8 Å². The number of likely N-dealkylation sites (tertiary alicyclic amines) is 1. The number of ether oxygens (including phenoxy) is 1. The number of amidine groups is 2. The van der Waals surface area contributed by atoms with Crippen LogP contribution in [0.25, 0.3) is 0 Å². The number of Topliss-reactive ketones (excluding diaryl/α,β-unsaturated/α-hetero) is 2. The number of carbonyl (C=O) groups excluding carboxylic acids is 5. The van der Waals surface area contributed by atoms with Gasteiger partial charge in [0.25, 0.3) is 0 Å². The van der Waals surface area contributed by atoms with Crippen LogP contribution in [0.15, 0.2) is 84.9 Å². The van der Waals surface area contributed by atoms with Gasteiger partial charge in [0.2, 0.25) is 11.8 Å². The molecule has 2 aromatic heterocycles. The SMILES string of the molecule is C[C@H](NC(=O)[C@@H]1CCC[C@H](c2ccccc2)C1)C(=O)CCc1ccc(C(=N)N)s1.C[C@H](NC(=O)[C@H]1C[C@@H](c2ccccc2)CCN1C(=O)OC(C)(C)C)C(=O)CCc1ccc(C(=N)N)s1. The topological polar surface area (TPSA) is 222 Å². The van der Waals surface area contributed by atoms with Gasteiger partial charge in [-0.15, -0.1) is 22.7 Å². The first-order valence-electron chi connectivity index (χ1n) is 22.5. The Morgan fingerprint density at radius 3 is 1.63 bits per heavy atom. The van der Waals surface area contributed by atoms with Gasteiger partial charge >= 0.3 is 6.09 Å². The van der Waals surface area contributed by atoms with E-state index in [0.29, 0.717) is 43.0 Å². The predicted molar refractivity (Wildman–Crippen MR) is 259 cm³/mol. The molecule has 4 aromatic rings. The van der Waals surface area contributed by atoms with Gasteiger partial charge in [-0.2, -0.15) is 0 Å². The molecule has 65 heavy (non-hydrogen) atoms. The molecule has 8 N–H and O–H groups in total. The van der Waals surface area contributed by atoms with Crippen molar-refractivity contribution in [1.29, 1.82) is 10.8 Å². The first kappa shape index (κ1) is 50.3. The number of carbonyl (C=O) groups is 5. The lowest BCUT2D eigenvalue weighted by atomic mass is 9.77. The number of nitrogens with one attached hydrogen (secondary N) is 4. The number of nitrogens with two attached hydrogens (primary N) is 2. The second kappa shape index (κ2) is 23.5. The van der Waals surface area contributed by atoms with Crippen molar-refractivity contribution in [2.45, 2.75) is 134 Å². The summed E-state index contributed by atoms with van der Waals surface area (Å²) in [4.78, 5) is 69.2. The zero-order valence-electron chi connectivity index (χ0n) is 38.2. The third-order valence-electron chi connectivity index (χ3n) is 11.9. The van der Waals surface area contributed by atoms with E-state index in [0.717, 1.165) is 52.3 Å². The Kier molecular flexibility index (Phi) is 18.2. The normalized spacial score (nSPS) is 19.4. The third kappa shape index (κ3) is 15.2. The van der Waals surface area contributed by atoms with E-state index < -0.39 is 29.8 Å². The second-order valence-electron chi connectivity index (χ2n) is 18.0. The number of hydrogen-bond acceptors (Lipinski definition) is 10. The van der Waals surface area contributed by atoms with Gasteiger partial charge in [0.15, 0.2) is 11.6 Å². The molecule has 2 aliphatic rings. The molecule has 2 fully saturated rings. The molecule has 0 spiro atoms. The zero-order chi connectivity index (χ0) is 47.3. The van der Waals surface area contributed by atoms with Crippen LogP contribution in [0, 0.1) is 16.7 Å². The van der Waals surface area contributed by atoms with E-state index in [4.69, 9.17) is 27.0 Å². The fourth-order valence-electron chi connectivity index (χ4n) is 8.28. The summed E-state index contributed by atoms with van der Waals surface area (Å²) in [5.74, 6) is 0.163. The predicted octanol–water partition coefficient (Wildman–Crippen LogP) is 8.23. The Morgan fingerprint density at radius 2 is 1.17 bits per heavy atom. The van der Waals surface area contributed by atoms with Crippen molar-refractivity contribution in [3.05, 3.63) is 116 Å². The van der Waals surface area contributed by atoms with E-state index in [1.807, 2.05) is 66.7 Å². The van der Waals surface area contributed by atoms with Crippen LogP contribution in [-0.2, 0) is 36.8 Å². The molecule has 1 saturated heterocycles. The minimum absolute atomic E-state index is 0.00136. The van der Waals surface area contributed by atoms with E-state index in [2.05, 4.69) is 22.8 Å². The number of nitrogen functional groups attached to an aromatic ring is 2. The minimum atomic E-state index is -0.732. The van der Waals surface area contributed by atoms with Crippen molar-refractivity contribution in [3.8, 4) is 0 Å². The second-order valence-corrected chi connectivity index (χ2v) is 20.4. The van der Waals surface area contributed by atoms with Crippen LogP contribution in [-0.4, -0.2) is 76.3 Å². The molecule has 1 aliphatic heterocycles.